The van der Waals surface area contributed by atoms with Gasteiger partial charge >= 0.3 is 0 Å². The van der Waals surface area contributed by atoms with Gasteiger partial charge in [-0.15, -0.1) is 5.10 Å². The summed E-state index contributed by atoms with van der Waals surface area (Å²) < 4.78 is 30.8. The van der Waals surface area contributed by atoms with Crippen molar-refractivity contribution in [3.8, 4) is 16.9 Å². The topological polar surface area (TPSA) is 85.6 Å². The third-order valence-corrected chi connectivity index (χ3v) is 6.16. The van der Waals surface area contributed by atoms with Gasteiger partial charge in [-0.05, 0) is 49.9 Å². The lowest BCUT2D eigenvalue weighted by Crippen LogP contribution is -2.16. The van der Waals surface area contributed by atoms with Crippen molar-refractivity contribution < 1.29 is 13.6 Å². The number of nitrogens with zero attached hydrogens (tertiary/aromatic N) is 5. The Balaban J connectivity index is 1.27. The number of halogens is 2. The van der Waals surface area contributed by atoms with E-state index >= 15 is 0 Å². The van der Waals surface area contributed by atoms with E-state index in [-0.39, 0.29) is 16.9 Å². The average molecular weight is 458 g/mol. The third-order valence-electron chi connectivity index (χ3n) is 6.16. The lowest BCUT2D eigenvalue weighted by atomic mass is 10.0. The fourth-order valence-corrected chi connectivity index (χ4v) is 4.00. The van der Waals surface area contributed by atoms with Crippen LogP contribution < -0.4 is 5.32 Å². The van der Waals surface area contributed by atoms with Crippen LogP contribution in [0.25, 0.3) is 16.9 Å². The highest BCUT2D eigenvalue weighted by atomic mass is 19.1. The second-order valence-electron chi connectivity index (χ2n) is 8.74. The Labute approximate surface area is 193 Å². The number of carbonyl (C=O) groups is 1. The molecule has 34 heavy (non-hydrogen) atoms. The first-order chi connectivity index (χ1) is 16.6. The monoisotopic (exact) mass is 458 g/mol. The zero-order chi connectivity index (χ0) is 23.2. The van der Waals surface area contributed by atoms with Crippen molar-refractivity contribution in [2.24, 2.45) is 0 Å². The van der Waals surface area contributed by atoms with Gasteiger partial charge in [0.05, 0.1) is 17.5 Å². The zero-order valence-corrected chi connectivity index (χ0v) is 18.1. The highest BCUT2D eigenvalue weighted by Gasteiger charge is 2.28. The SMILES string of the molecule is O=C(Nc1cccc(-n2nncc2C2CC2)n1)c1cc(-c2ccc(C3CC3)nc2)c(F)cc1F. The molecule has 0 atom stereocenters. The van der Waals surface area contributed by atoms with Crippen molar-refractivity contribution >= 4 is 11.7 Å². The number of benzene rings is 1. The van der Waals surface area contributed by atoms with E-state index < -0.39 is 17.5 Å². The fourth-order valence-electron chi connectivity index (χ4n) is 4.00. The number of anilines is 1. The summed E-state index contributed by atoms with van der Waals surface area (Å²) in [7, 11) is 0. The van der Waals surface area contributed by atoms with Crippen molar-refractivity contribution in [1.29, 1.82) is 0 Å². The van der Waals surface area contributed by atoms with Crippen LogP contribution in [0, 0.1) is 11.6 Å². The van der Waals surface area contributed by atoms with Crippen LogP contribution >= 0.6 is 0 Å². The Morgan fingerprint density at radius 1 is 0.971 bits per heavy atom. The molecule has 1 N–H and O–H groups in total. The number of hydrogen-bond donors (Lipinski definition) is 1. The molecule has 2 aliphatic carbocycles. The fraction of sp³-hybridized carbons (Fsp3) is 0.240. The molecule has 0 spiro atoms. The molecule has 4 aromatic rings. The van der Waals surface area contributed by atoms with Gasteiger partial charge in [0.2, 0.25) is 0 Å². The van der Waals surface area contributed by atoms with Crippen molar-refractivity contribution in [1.82, 2.24) is 25.0 Å². The van der Waals surface area contributed by atoms with Gasteiger partial charge in [0.15, 0.2) is 5.82 Å². The smallest absolute Gasteiger partial charge is 0.259 e. The molecule has 1 aromatic carbocycles. The highest BCUT2D eigenvalue weighted by Crippen LogP contribution is 2.40. The van der Waals surface area contributed by atoms with Gasteiger partial charge in [-0.1, -0.05) is 17.3 Å². The number of aromatic nitrogens is 5. The van der Waals surface area contributed by atoms with E-state index in [4.69, 9.17) is 0 Å². The summed E-state index contributed by atoms with van der Waals surface area (Å²) in [5.41, 5.74) is 2.24. The van der Waals surface area contributed by atoms with E-state index in [0.717, 1.165) is 43.1 Å². The molecule has 9 heteroatoms. The largest absolute Gasteiger partial charge is 0.306 e. The molecule has 2 fully saturated rings. The Kier molecular flexibility index (Phi) is 4.90. The predicted octanol–water partition coefficient (Wildman–Crippen LogP) is 5.01. The summed E-state index contributed by atoms with van der Waals surface area (Å²) in [6.07, 6.45) is 7.65. The van der Waals surface area contributed by atoms with Crippen LogP contribution in [0.3, 0.4) is 0 Å². The van der Waals surface area contributed by atoms with Crippen molar-refractivity contribution in [3.05, 3.63) is 83.4 Å². The summed E-state index contributed by atoms with van der Waals surface area (Å²) in [5.74, 6) is -0.838. The molecule has 0 saturated heterocycles. The van der Waals surface area contributed by atoms with Crippen LogP contribution in [0.2, 0.25) is 0 Å². The lowest BCUT2D eigenvalue weighted by molar-refractivity contribution is 0.102. The molecule has 2 aliphatic rings. The number of nitrogens with one attached hydrogen (secondary N) is 1. The van der Waals surface area contributed by atoms with Crippen LogP contribution in [-0.4, -0.2) is 30.9 Å². The van der Waals surface area contributed by atoms with Gasteiger partial charge in [-0.3, -0.25) is 9.78 Å². The van der Waals surface area contributed by atoms with Gasteiger partial charge in [0.1, 0.15) is 17.5 Å². The molecule has 1 amide bonds. The molecule has 0 unspecified atom stereocenters. The van der Waals surface area contributed by atoms with Crippen molar-refractivity contribution in [2.45, 2.75) is 37.5 Å². The predicted molar refractivity (Wildman–Crippen MR) is 121 cm³/mol. The second kappa shape index (κ2) is 8.09. The number of amides is 1. The lowest BCUT2D eigenvalue weighted by Gasteiger charge is -2.11. The molecular weight excluding hydrogens is 438 g/mol. The van der Waals surface area contributed by atoms with E-state index in [9.17, 15) is 13.6 Å². The molecule has 0 aliphatic heterocycles. The van der Waals surface area contributed by atoms with E-state index in [2.05, 4.69) is 25.6 Å². The molecule has 7 nitrogen and oxygen atoms in total. The standard InChI is InChI=1S/C25H20F2N6O/c26-19-11-20(27)18(10-17(19)16-8-9-21(28-12-16)14-4-5-14)25(34)31-23-2-1-3-24(30-23)33-22(13-29-32-33)15-6-7-15/h1-3,8-15H,4-7H2,(H,30,31,34). The molecule has 0 bridgehead atoms. The highest BCUT2D eigenvalue weighted by molar-refractivity contribution is 6.04. The molecule has 0 radical (unpaired) electrons. The van der Waals surface area contributed by atoms with Gasteiger partial charge in [0.25, 0.3) is 5.91 Å². The minimum absolute atomic E-state index is 0.111. The number of pyridine rings is 2. The Morgan fingerprint density at radius 2 is 1.79 bits per heavy atom. The van der Waals surface area contributed by atoms with E-state index in [0.29, 0.717) is 23.2 Å². The minimum atomic E-state index is -0.954. The molecule has 170 valence electrons. The maximum absolute atomic E-state index is 14.6. The maximum Gasteiger partial charge on any atom is 0.259 e. The van der Waals surface area contributed by atoms with Gasteiger partial charge < -0.3 is 5.32 Å². The summed E-state index contributed by atoms with van der Waals surface area (Å²) >= 11 is 0. The molecule has 3 aromatic heterocycles. The number of rotatable bonds is 6. The third kappa shape index (κ3) is 3.93. The second-order valence-corrected chi connectivity index (χ2v) is 8.74. The average Bonchev–Trinajstić information content (AvgIpc) is 3.78. The van der Waals surface area contributed by atoms with Crippen LogP contribution in [-0.2, 0) is 0 Å². The van der Waals surface area contributed by atoms with E-state index in [1.807, 2.05) is 6.07 Å². The number of carbonyl (C=O) groups excluding carboxylic acids is 1. The summed E-state index contributed by atoms with van der Waals surface area (Å²) in [6, 6.07) is 10.6. The molecule has 6 rings (SSSR count). The normalized spacial score (nSPS) is 15.4. The molecule has 2 saturated carbocycles. The molecular formula is C25H20F2N6O. The quantitative estimate of drug-likeness (QED) is 0.439. The van der Waals surface area contributed by atoms with Crippen molar-refractivity contribution in [2.75, 3.05) is 5.32 Å². The Bertz CT molecular complexity index is 1390. The van der Waals surface area contributed by atoms with Gasteiger partial charge in [-0.2, -0.15) is 4.68 Å². The molecule has 3 heterocycles. The summed E-state index contributed by atoms with van der Waals surface area (Å²) in [4.78, 5) is 21.7. The zero-order valence-electron chi connectivity index (χ0n) is 18.1. The van der Waals surface area contributed by atoms with Crippen LogP contribution in [0.4, 0.5) is 14.6 Å². The first-order valence-corrected chi connectivity index (χ1v) is 11.2. The van der Waals surface area contributed by atoms with Crippen molar-refractivity contribution in [3.63, 3.8) is 0 Å². The first kappa shape index (κ1) is 20.6. The maximum atomic E-state index is 14.6. The van der Waals surface area contributed by atoms with E-state index in [1.54, 1.807) is 41.3 Å². The van der Waals surface area contributed by atoms with E-state index in [1.165, 1.54) is 6.07 Å². The van der Waals surface area contributed by atoms with Crippen LogP contribution in [0.1, 0.15) is 59.3 Å². The summed E-state index contributed by atoms with van der Waals surface area (Å²) in [6.45, 7) is 0. The van der Waals surface area contributed by atoms with Crippen LogP contribution in [0.15, 0.2) is 54.9 Å². The van der Waals surface area contributed by atoms with Gasteiger partial charge in [0, 0.05) is 40.9 Å². The van der Waals surface area contributed by atoms with Crippen LogP contribution in [0.5, 0.6) is 0 Å². The minimum Gasteiger partial charge on any atom is -0.306 e. The van der Waals surface area contributed by atoms with Gasteiger partial charge in [-0.25, -0.2) is 13.8 Å². The summed E-state index contributed by atoms with van der Waals surface area (Å²) in [5, 5.41) is 10.7. The Hall–Kier alpha value is -4.01. The first-order valence-electron chi connectivity index (χ1n) is 11.2. The Morgan fingerprint density at radius 3 is 2.53 bits per heavy atom. The number of hydrogen-bond acceptors (Lipinski definition) is 5.